The maximum Gasteiger partial charge on any atom is 0.317 e. The van der Waals surface area contributed by atoms with E-state index in [0.717, 1.165) is 62.2 Å². The molecule has 1 N–H and O–H groups in total. The summed E-state index contributed by atoms with van der Waals surface area (Å²) in [6.45, 7) is 5.37. The summed E-state index contributed by atoms with van der Waals surface area (Å²) in [6.07, 6.45) is 4.95. The summed E-state index contributed by atoms with van der Waals surface area (Å²) in [7, 11) is 0. The number of hydrogen-bond donors (Lipinski definition) is 1. The van der Waals surface area contributed by atoms with Crippen molar-refractivity contribution in [3.05, 3.63) is 53.0 Å². The van der Waals surface area contributed by atoms with Gasteiger partial charge in [-0.1, -0.05) is 37.3 Å². The van der Waals surface area contributed by atoms with Gasteiger partial charge in [-0.25, -0.2) is 9.78 Å². The molecule has 31 heavy (non-hydrogen) atoms. The molecule has 2 aromatic rings. The highest BCUT2D eigenvalue weighted by Gasteiger charge is 2.27. The smallest absolute Gasteiger partial charge is 0.317 e. The second-order valence-corrected chi connectivity index (χ2v) is 8.13. The third-order valence-corrected chi connectivity index (χ3v) is 5.87. The number of benzene rings is 1. The molecule has 166 valence electrons. The van der Waals surface area contributed by atoms with E-state index in [9.17, 15) is 4.79 Å². The van der Waals surface area contributed by atoms with Crippen molar-refractivity contribution in [1.29, 1.82) is 0 Å². The molecule has 0 bridgehead atoms. The molecule has 1 fully saturated rings. The Balaban J connectivity index is 1.36. The number of hydrogen-bond acceptors (Lipinski definition) is 5. The van der Waals surface area contributed by atoms with E-state index in [1.807, 2.05) is 23.1 Å². The molecular formula is C24H32N4O3. The lowest BCUT2D eigenvalue weighted by molar-refractivity contribution is 0.0962. The van der Waals surface area contributed by atoms with Crippen molar-refractivity contribution < 1.29 is 14.3 Å². The van der Waals surface area contributed by atoms with Crippen molar-refractivity contribution in [2.75, 3.05) is 32.8 Å². The van der Waals surface area contributed by atoms with Crippen molar-refractivity contribution in [1.82, 2.24) is 20.2 Å². The number of ether oxygens (including phenoxy) is 2. The van der Waals surface area contributed by atoms with Crippen LogP contribution in [0.5, 0.6) is 5.88 Å². The summed E-state index contributed by atoms with van der Waals surface area (Å²) in [5.41, 5.74) is 3.34. The Labute approximate surface area is 184 Å². The highest BCUT2D eigenvalue weighted by atomic mass is 16.5. The van der Waals surface area contributed by atoms with Crippen molar-refractivity contribution >= 4 is 6.03 Å². The average Bonchev–Trinajstić information content (AvgIpc) is 3.05. The van der Waals surface area contributed by atoms with Gasteiger partial charge in [0.2, 0.25) is 5.88 Å². The Morgan fingerprint density at radius 2 is 2.06 bits per heavy atom. The van der Waals surface area contributed by atoms with E-state index in [-0.39, 0.29) is 12.1 Å². The van der Waals surface area contributed by atoms with Crippen molar-refractivity contribution in [2.45, 2.75) is 51.6 Å². The Morgan fingerprint density at radius 1 is 1.23 bits per heavy atom. The van der Waals surface area contributed by atoms with Crippen molar-refractivity contribution in [3.8, 4) is 5.88 Å². The van der Waals surface area contributed by atoms with Gasteiger partial charge >= 0.3 is 6.03 Å². The number of urea groups is 1. The number of nitrogens with zero attached hydrogens (tertiary/aromatic N) is 3. The number of piperidine rings is 1. The third kappa shape index (κ3) is 5.73. The van der Waals surface area contributed by atoms with Gasteiger partial charge in [0.15, 0.2) is 0 Å². The SMILES string of the molecule is CCc1nc2c(c(OC3CCCN(C(=O)NCCc4ccccc4)C3)n1)CCOCC2. The van der Waals surface area contributed by atoms with Gasteiger partial charge in [0, 0.05) is 37.9 Å². The highest BCUT2D eigenvalue weighted by Crippen LogP contribution is 2.26. The topological polar surface area (TPSA) is 76.6 Å². The minimum absolute atomic E-state index is 0.0200. The second-order valence-electron chi connectivity index (χ2n) is 8.13. The second kappa shape index (κ2) is 10.6. The number of amides is 2. The van der Waals surface area contributed by atoms with Crippen LogP contribution in [0.15, 0.2) is 30.3 Å². The van der Waals surface area contributed by atoms with E-state index in [4.69, 9.17) is 14.5 Å². The van der Waals surface area contributed by atoms with Gasteiger partial charge < -0.3 is 19.7 Å². The first-order chi connectivity index (χ1) is 15.2. The van der Waals surface area contributed by atoms with Gasteiger partial charge in [-0.05, 0) is 24.8 Å². The van der Waals surface area contributed by atoms with Crippen LogP contribution in [0.2, 0.25) is 0 Å². The normalized spacial score (nSPS) is 18.7. The standard InChI is InChI=1S/C24H32N4O3/c1-2-22-26-21-12-16-30-15-11-20(21)23(27-22)31-19-9-6-14-28(17-19)24(29)25-13-10-18-7-4-3-5-8-18/h3-5,7-8,19H,2,6,9-17H2,1H3,(H,25,29). The number of aryl methyl sites for hydroxylation is 1. The zero-order valence-electron chi connectivity index (χ0n) is 18.3. The van der Waals surface area contributed by atoms with Crippen LogP contribution in [0.25, 0.3) is 0 Å². The van der Waals surface area contributed by atoms with Gasteiger partial charge in [0.1, 0.15) is 11.9 Å². The summed E-state index contributed by atoms with van der Waals surface area (Å²) in [5.74, 6) is 1.49. The molecule has 7 nitrogen and oxygen atoms in total. The number of carbonyl (C=O) groups is 1. The minimum atomic E-state index is -0.0542. The average molecular weight is 425 g/mol. The van der Waals surface area contributed by atoms with Gasteiger partial charge in [-0.2, -0.15) is 4.98 Å². The van der Waals surface area contributed by atoms with Gasteiger partial charge in [0.05, 0.1) is 25.5 Å². The van der Waals surface area contributed by atoms with Gasteiger partial charge in [-0.15, -0.1) is 0 Å². The molecule has 4 rings (SSSR count). The molecule has 7 heteroatoms. The zero-order chi connectivity index (χ0) is 21.5. The van der Waals surface area contributed by atoms with Crippen LogP contribution >= 0.6 is 0 Å². The first-order valence-corrected chi connectivity index (χ1v) is 11.4. The molecule has 0 aliphatic carbocycles. The van der Waals surface area contributed by atoms with Crippen LogP contribution in [0.4, 0.5) is 4.79 Å². The molecule has 1 aromatic heterocycles. The lowest BCUT2D eigenvalue weighted by atomic mass is 10.1. The fourth-order valence-electron chi connectivity index (χ4n) is 4.16. The highest BCUT2D eigenvalue weighted by molar-refractivity contribution is 5.74. The van der Waals surface area contributed by atoms with Crippen molar-refractivity contribution in [2.24, 2.45) is 0 Å². The van der Waals surface area contributed by atoms with E-state index < -0.39 is 0 Å². The van der Waals surface area contributed by atoms with E-state index in [0.29, 0.717) is 32.2 Å². The number of nitrogens with one attached hydrogen (secondary N) is 1. The monoisotopic (exact) mass is 424 g/mol. The molecule has 1 saturated heterocycles. The summed E-state index contributed by atoms with van der Waals surface area (Å²) in [6, 6.07) is 10.2. The summed E-state index contributed by atoms with van der Waals surface area (Å²) >= 11 is 0. The Hall–Kier alpha value is -2.67. The predicted molar refractivity (Wildman–Crippen MR) is 118 cm³/mol. The van der Waals surface area contributed by atoms with Crippen molar-refractivity contribution in [3.63, 3.8) is 0 Å². The van der Waals surface area contributed by atoms with E-state index >= 15 is 0 Å². The van der Waals surface area contributed by atoms with Crippen LogP contribution in [0.1, 0.15) is 42.4 Å². The van der Waals surface area contributed by atoms with Crippen LogP contribution in [0, 0.1) is 0 Å². The van der Waals surface area contributed by atoms with Crippen LogP contribution in [-0.2, 0) is 30.4 Å². The fraction of sp³-hybridized carbons (Fsp3) is 0.542. The number of likely N-dealkylation sites (tertiary alicyclic amines) is 1. The van der Waals surface area contributed by atoms with Crippen LogP contribution in [0.3, 0.4) is 0 Å². The molecule has 0 radical (unpaired) electrons. The zero-order valence-corrected chi connectivity index (χ0v) is 18.3. The van der Waals surface area contributed by atoms with E-state index in [1.54, 1.807) is 0 Å². The molecule has 2 aliphatic heterocycles. The third-order valence-electron chi connectivity index (χ3n) is 5.87. The molecule has 0 spiro atoms. The van der Waals surface area contributed by atoms with Gasteiger partial charge in [0.25, 0.3) is 0 Å². The van der Waals surface area contributed by atoms with E-state index in [1.165, 1.54) is 5.56 Å². The minimum Gasteiger partial charge on any atom is -0.472 e. The van der Waals surface area contributed by atoms with Crippen LogP contribution < -0.4 is 10.1 Å². The number of fused-ring (bicyclic) bond motifs is 1. The largest absolute Gasteiger partial charge is 0.472 e. The maximum absolute atomic E-state index is 12.7. The number of aromatic nitrogens is 2. The number of rotatable bonds is 6. The number of carbonyl (C=O) groups excluding carboxylic acids is 1. The Morgan fingerprint density at radius 3 is 2.90 bits per heavy atom. The van der Waals surface area contributed by atoms with Crippen LogP contribution in [-0.4, -0.2) is 59.9 Å². The molecule has 2 amide bonds. The molecule has 1 aromatic carbocycles. The lowest BCUT2D eigenvalue weighted by Gasteiger charge is -2.33. The first kappa shape index (κ1) is 21.6. The Bertz CT molecular complexity index is 875. The predicted octanol–water partition coefficient (Wildman–Crippen LogP) is 2.95. The Kier molecular flexibility index (Phi) is 7.35. The first-order valence-electron chi connectivity index (χ1n) is 11.4. The van der Waals surface area contributed by atoms with Gasteiger partial charge in [-0.3, -0.25) is 0 Å². The molecule has 1 atom stereocenters. The molecular weight excluding hydrogens is 392 g/mol. The maximum atomic E-state index is 12.7. The molecule has 2 aliphatic rings. The summed E-state index contributed by atoms with van der Waals surface area (Å²) < 4.78 is 12.0. The molecule has 3 heterocycles. The summed E-state index contributed by atoms with van der Waals surface area (Å²) in [5, 5.41) is 3.05. The quantitative estimate of drug-likeness (QED) is 0.772. The summed E-state index contributed by atoms with van der Waals surface area (Å²) in [4.78, 5) is 23.9. The fourth-order valence-corrected chi connectivity index (χ4v) is 4.16. The lowest BCUT2D eigenvalue weighted by Crippen LogP contribution is -2.49. The molecule has 1 unspecified atom stereocenters. The molecule has 0 saturated carbocycles. The van der Waals surface area contributed by atoms with E-state index in [2.05, 4.69) is 29.4 Å².